The van der Waals surface area contributed by atoms with Crippen molar-refractivity contribution in [3.05, 3.63) is 60.3 Å². The Morgan fingerprint density at radius 2 is 1.90 bits per heavy atom. The lowest BCUT2D eigenvalue weighted by Crippen LogP contribution is -2.45. The topological polar surface area (TPSA) is 141 Å². The number of pyridine rings is 1. The van der Waals surface area contributed by atoms with E-state index in [9.17, 15) is 9.59 Å². The van der Waals surface area contributed by atoms with Crippen molar-refractivity contribution in [3.63, 3.8) is 0 Å². The van der Waals surface area contributed by atoms with Crippen LogP contribution in [0.25, 0.3) is 22.3 Å². The van der Waals surface area contributed by atoms with Crippen molar-refractivity contribution in [2.75, 3.05) is 17.6 Å². The van der Waals surface area contributed by atoms with Crippen LogP contribution < -0.4 is 11.1 Å². The van der Waals surface area contributed by atoms with Gasteiger partial charge in [-0.2, -0.15) is 5.10 Å². The third kappa shape index (κ3) is 4.59. The lowest BCUT2D eigenvalue weighted by Gasteiger charge is -2.34. The molecule has 2 aliphatic rings. The molecule has 1 aliphatic carbocycles. The monoisotopic (exact) mass is 544 g/mol. The molecule has 3 atom stereocenters. The van der Waals surface area contributed by atoms with E-state index in [0.717, 1.165) is 18.9 Å². The molecule has 2 bridgehead atoms. The molecule has 3 N–H and O–H groups in total. The minimum Gasteiger partial charge on any atom is -0.444 e. The second-order valence-electron chi connectivity index (χ2n) is 11.2. The van der Waals surface area contributed by atoms with E-state index in [1.165, 1.54) is 18.5 Å². The summed E-state index contributed by atoms with van der Waals surface area (Å²) in [5.41, 5.74) is 6.66. The van der Waals surface area contributed by atoms with Gasteiger partial charge < -0.3 is 20.7 Å². The molecule has 11 nitrogen and oxygen atoms in total. The summed E-state index contributed by atoms with van der Waals surface area (Å²) in [5, 5.41) is 7.86. The van der Waals surface area contributed by atoms with E-state index < -0.39 is 17.3 Å². The van der Waals surface area contributed by atoms with Gasteiger partial charge in [-0.05, 0) is 69.9 Å². The van der Waals surface area contributed by atoms with Crippen molar-refractivity contribution in [1.82, 2.24) is 29.6 Å². The van der Waals surface area contributed by atoms with E-state index in [-0.39, 0.29) is 46.7 Å². The van der Waals surface area contributed by atoms with Gasteiger partial charge in [0.15, 0.2) is 5.65 Å². The zero-order chi connectivity index (χ0) is 28.2. The molecule has 3 aromatic heterocycles. The number of carbonyl (C=O) groups excluding carboxylic acids is 2. The van der Waals surface area contributed by atoms with Crippen LogP contribution in [0.2, 0.25) is 0 Å². The molecule has 1 saturated heterocycles. The quantitative estimate of drug-likeness (QED) is 0.384. The number of nitrogen functional groups attached to an aromatic ring is 1. The van der Waals surface area contributed by atoms with Crippen LogP contribution in [0.15, 0.2) is 48.9 Å². The Bertz CT molecular complexity index is 1620. The number of nitrogens with one attached hydrogen (secondary N) is 1. The van der Waals surface area contributed by atoms with E-state index in [4.69, 9.17) is 15.6 Å². The molecule has 206 valence electrons. The van der Waals surface area contributed by atoms with Crippen LogP contribution in [0.5, 0.6) is 0 Å². The maximum atomic E-state index is 15.6. The number of anilines is 2. The smallest absolute Gasteiger partial charge is 0.410 e. The Balaban J connectivity index is 1.35. The van der Waals surface area contributed by atoms with E-state index in [1.54, 1.807) is 34.0 Å². The highest BCUT2D eigenvalue weighted by Crippen LogP contribution is 2.46. The van der Waals surface area contributed by atoms with Crippen LogP contribution in [-0.4, -0.2) is 59.8 Å². The van der Waals surface area contributed by atoms with Crippen molar-refractivity contribution in [1.29, 1.82) is 0 Å². The number of hydrogen-bond acceptors (Lipinski definition) is 8. The average Bonchev–Trinajstić information content (AvgIpc) is 3.62. The van der Waals surface area contributed by atoms with Gasteiger partial charge in [0.05, 0.1) is 17.5 Å². The van der Waals surface area contributed by atoms with Crippen LogP contribution in [-0.2, 0) is 4.74 Å². The highest BCUT2D eigenvalue weighted by molar-refractivity contribution is 6.04. The number of piperidine rings is 1. The summed E-state index contributed by atoms with van der Waals surface area (Å²) in [4.78, 5) is 40.0. The van der Waals surface area contributed by atoms with E-state index in [0.29, 0.717) is 23.4 Å². The number of ether oxygens (including phenoxy) is 1. The summed E-state index contributed by atoms with van der Waals surface area (Å²) < 4.78 is 23.0. The first-order valence-corrected chi connectivity index (χ1v) is 13.1. The normalized spacial score (nSPS) is 20.2. The molecular formula is C28H29FN8O3. The molecule has 4 aromatic rings. The van der Waals surface area contributed by atoms with E-state index in [1.807, 2.05) is 20.8 Å². The first-order valence-electron chi connectivity index (χ1n) is 13.1. The first-order chi connectivity index (χ1) is 19.1. The molecule has 6 rings (SSSR count). The Morgan fingerprint density at radius 1 is 1.10 bits per heavy atom. The van der Waals surface area contributed by atoms with Gasteiger partial charge in [-0.1, -0.05) is 6.07 Å². The maximum Gasteiger partial charge on any atom is 0.410 e. The first kappa shape index (κ1) is 25.7. The summed E-state index contributed by atoms with van der Waals surface area (Å²) >= 11 is 0. The molecule has 12 heteroatoms. The standard InChI is InChI=1S/C28H29FN8O3/c1-28(2,3)40-27(39)36-13-15-10-19(36)20(11-15)37-25-22(24(30)32-14-33-25)23(35-37)17-8-7-16(12-18(17)29)26(38)34-21-6-4-5-9-31-21/h4-9,12,14-15,19-20H,10-11,13H2,1-3H3,(H2,30,32,33)(H,31,34,38)/t15-,19?,20?/m1/s1. The highest BCUT2D eigenvalue weighted by atomic mass is 19.1. The van der Waals surface area contributed by atoms with Crippen LogP contribution in [0.3, 0.4) is 0 Å². The molecule has 4 heterocycles. The average molecular weight is 545 g/mol. The van der Waals surface area contributed by atoms with Gasteiger partial charge in [-0.25, -0.2) is 28.8 Å². The highest BCUT2D eigenvalue weighted by Gasteiger charge is 2.50. The Labute approximate surface area is 229 Å². The number of hydrogen-bond donors (Lipinski definition) is 2. The number of carbonyl (C=O) groups is 2. The van der Waals surface area contributed by atoms with Crippen molar-refractivity contribution < 1.29 is 18.7 Å². The number of benzene rings is 1. The molecule has 1 saturated carbocycles. The fourth-order valence-electron chi connectivity index (χ4n) is 5.67. The van der Waals surface area contributed by atoms with Gasteiger partial charge in [0.2, 0.25) is 0 Å². The summed E-state index contributed by atoms with van der Waals surface area (Å²) in [6, 6.07) is 8.94. The lowest BCUT2D eigenvalue weighted by molar-refractivity contribution is 0.0135. The third-order valence-corrected chi connectivity index (χ3v) is 7.30. The summed E-state index contributed by atoms with van der Waals surface area (Å²) in [6.45, 7) is 6.14. The van der Waals surface area contributed by atoms with Gasteiger partial charge in [0, 0.05) is 23.9 Å². The zero-order valence-corrected chi connectivity index (χ0v) is 22.3. The third-order valence-electron chi connectivity index (χ3n) is 7.30. The van der Waals surface area contributed by atoms with Crippen molar-refractivity contribution in [3.8, 4) is 11.3 Å². The number of nitrogens with two attached hydrogens (primary N) is 1. The van der Waals surface area contributed by atoms with Crippen LogP contribution in [0.4, 0.5) is 20.8 Å². The maximum absolute atomic E-state index is 15.6. The number of nitrogens with zero attached hydrogens (tertiary/aromatic N) is 6. The van der Waals surface area contributed by atoms with Gasteiger partial charge >= 0.3 is 6.09 Å². The minimum atomic E-state index is -0.646. The van der Waals surface area contributed by atoms with Crippen molar-refractivity contribution >= 4 is 34.7 Å². The number of likely N-dealkylation sites (tertiary alicyclic amines) is 1. The largest absolute Gasteiger partial charge is 0.444 e. The second kappa shape index (κ2) is 9.54. The number of rotatable bonds is 4. The van der Waals surface area contributed by atoms with E-state index in [2.05, 4.69) is 20.3 Å². The van der Waals surface area contributed by atoms with Crippen molar-refractivity contribution in [2.24, 2.45) is 5.92 Å². The summed E-state index contributed by atoms with van der Waals surface area (Å²) in [6.07, 6.45) is 4.14. The second-order valence-corrected chi connectivity index (χ2v) is 11.2. The number of aromatic nitrogens is 5. The molecule has 0 radical (unpaired) electrons. The Hall–Kier alpha value is -4.61. The molecule has 1 aliphatic heterocycles. The molecule has 0 spiro atoms. The fourth-order valence-corrected chi connectivity index (χ4v) is 5.67. The van der Waals surface area contributed by atoms with Gasteiger partial charge in [0.1, 0.15) is 35.1 Å². The molecular weight excluding hydrogens is 515 g/mol. The molecule has 2 amide bonds. The SMILES string of the molecule is CC(C)(C)OC(=O)N1C[C@@H]2CC1C(n1nc(-c3ccc(C(=O)Nc4ccccn4)cc3F)c3c(N)ncnc31)C2. The molecule has 2 unspecified atom stereocenters. The van der Waals surface area contributed by atoms with Gasteiger partial charge in [0.25, 0.3) is 5.91 Å². The molecule has 2 fully saturated rings. The van der Waals surface area contributed by atoms with Crippen LogP contribution >= 0.6 is 0 Å². The molecule has 40 heavy (non-hydrogen) atoms. The predicted octanol–water partition coefficient (Wildman–Crippen LogP) is 4.43. The van der Waals surface area contributed by atoms with Crippen LogP contribution in [0, 0.1) is 11.7 Å². The Kier molecular flexibility index (Phi) is 6.12. The number of amides is 2. The fraction of sp³-hybridized carbons (Fsp3) is 0.357. The summed E-state index contributed by atoms with van der Waals surface area (Å²) in [5.74, 6) is -0.329. The van der Waals surface area contributed by atoms with Gasteiger partial charge in [-0.3, -0.25) is 4.79 Å². The van der Waals surface area contributed by atoms with Crippen LogP contribution in [0.1, 0.15) is 50.0 Å². The lowest BCUT2D eigenvalue weighted by atomic mass is 10.1. The number of halogens is 1. The van der Waals surface area contributed by atoms with Gasteiger partial charge in [-0.15, -0.1) is 0 Å². The minimum absolute atomic E-state index is 0.126. The number of fused-ring (bicyclic) bond motifs is 3. The summed E-state index contributed by atoms with van der Waals surface area (Å²) in [7, 11) is 0. The zero-order valence-electron chi connectivity index (χ0n) is 22.3. The van der Waals surface area contributed by atoms with E-state index >= 15 is 4.39 Å². The predicted molar refractivity (Wildman–Crippen MR) is 146 cm³/mol. The van der Waals surface area contributed by atoms with Crippen molar-refractivity contribution in [2.45, 2.75) is 51.3 Å². The molecule has 1 aromatic carbocycles. The Morgan fingerprint density at radius 3 is 2.60 bits per heavy atom.